The predicted octanol–water partition coefficient (Wildman–Crippen LogP) is 0.858. The molecule has 1 heterocycles. The van der Waals surface area contributed by atoms with Crippen LogP contribution in [-0.2, 0) is 4.79 Å². The first-order valence-corrected chi connectivity index (χ1v) is 6.94. The van der Waals surface area contributed by atoms with Gasteiger partial charge < -0.3 is 25.4 Å². The van der Waals surface area contributed by atoms with Gasteiger partial charge in [0, 0.05) is 17.8 Å². The second-order valence-electron chi connectivity index (χ2n) is 5.01. The SMILES string of the molecule is O=C(CNC(=O)NC1CC1)Nc1ccc2c(c1)OCCO2. The highest BCUT2D eigenvalue weighted by Crippen LogP contribution is 2.32. The monoisotopic (exact) mass is 291 g/mol. The van der Waals surface area contributed by atoms with Crippen LogP contribution in [0.25, 0.3) is 0 Å². The molecule has 1 fully saturated rings. The molecule has 1 aromatic rings. The van der Waals surface area contributed by atoms with Gasteiger partial charge in [-0.1, -0.05) is 0 Å². The molecule has 0 aromatic heterocycles. The molecule has 1 aromatic carbocycles. The largest absolute Gasteiger partial charge is 0.486 e. The zero-order valence-electron chi connectivity index (χ0n) is 11.5. The molecule has 0 radical (unpaired) electrons. The van der Waals surface area contributed by atoms with Crippen molar-refractivity contribution in [2.45, 2.75) is 18.9 Å². The predicted molar refractivity (Wildman–Crippen MR) is 75.6 cm³/mol. The second-order valence-corrected chi connectivity index (χ2v) is 5.01. The minimum absolute atomic E-state index is 0.0764. The Morgan fingerprint density at radius 2 is 1.90 bits per heavy atom. The topological polar surface area (TPSA) is 88.7 Å². The summed E-state index contributed by atoms with van der Waals surface area (Å²) >= 11 is 0. The highest BCUT2D eigenvalue weighted by Gasteiger charge is 2.23. The quantitative estimate of drug-likeness (QED) is 0.767. The van der Waals surface area contributed by atoms with Crippen LogP contribution in [0.4, 0.5) is 10.5 Å². The Bertz CT molecular complexity index is 557. The number of rotatable bonds is 4. The van der Waals surface area contributed by atoms with Crippen molar-refractivity contribution < 1.29 is 19.1 Å². The smallest absolute Gasteiger partial charge is 0.315 e. The van der Waals surface area contributed by atoms with Gasteiger partial charge in [-0.2, -0.15) is 0 Å². The van der Waals surface area contributed by atoms with E-state index in [1.165, 1.54) is 0 Å². The number of carbonyl (C=O) groups is 2. The zero-order chi connectivity index (χ0) is 14.7. The standard InChI is InChI=1S/C14H17N3O4/c18-13(8-15-14(19)17-9-1-2-9)16-10-3-4-11-12(7-10)21-6-5-20-11/h3-4,7,9H,1-2,5-6,8H2,(H,16,18)(H2,15,17,19). The summed E-state index contributed by atoms with van der Waals surface area (Å²) in [5, 5.41) is 7.97. The average molecular weight is 291 g/mol. The third-order valence-electron chi connectivity index (χ3n) is 3.15. The summed E-state index contributed by atoms with van der Waals surface area (Å²) in [6.07, 6.45) is 2.02. The van der Waals surface area contributed by atoms with Crippen molar-refractivity contribution in [3.8, 4) is 11.5 Å². The Hall–Kier alpha value is -2.44. The Balaban J connectivity index is 1.48. The van der Waals surface area contributed by atoms with Crippen LogP contribution in [0.2, 0.25) is 0 Å². The Kier molecular flexibility index (Phi) is 3.81. The normalized spacial score (nSPS) is 16.0. The maximum atomic E-state index is 11.8. The Morgan fingerprint density at radius 3 is 2.67 bits per heavy atom. The Morgan fingerprint density at radius 1 is 1.14 bits per heavy atom. The minimum atomic E-state index is -0.310. The highest BCUT2D eigenvalue weighted by molar-refractivity contribution is 5.94. The molecule has 3 rings (SSSR count). The number of hydrogen-bond acceptors (Lipinski definition) is 4. The van der Waals surface area contributed by atoms with Crippen LogP contribution in [-0.4, -0.2) is 37.7 Å². The van der Waals surface area contributed by atoms with Gasteiger partial charge in [0.15, 0.2) is 11.5 Å². The van der Waals surface area contributed by atoms with Crippen molar-refractivity contribution in [3.63, 3.8) is 0 Å². The fourth-order valence-electron chi connectivity index (χ4n) is 1.95. The van der Waals surface area contributed by atoms with Crippen LogP contribution in [0.5, 0.6) is 11.5 Å². The molecule has 3 amide bonds. The van der Waals surface area contributed by atoms with Crippen LogP contribution in [0.3, 0.4) is 0 Å². The Labute approximate surface area is 122 Å². The summed E-state index contributed by atoms with van der Waals surface area (Å²) < 4.78 is 10.8. The summed E-state index contributed by atoms with van der Waals surface area (Å²) in [7, 11) is 0. The maximum absolute atomic E-state index is 11.8. The van der Waals surface area contributed by atoms with Crippen molar-refractivity contribution in [3.05, 3.63) is 18.2 Å². The summed E-state index contributed by atoms with van der Waals surface area (Å²) in [4.78, 5) is 23.2. The molecule has 1 aliphatic carbocycles. The fraction of sp³-hybridized carbons (Fsp3) is 0.429. The van der Waals surface area contributed by atoms with E-state index in [2.05, 4.69) is 16.0 Å². The maximum Gasteiger partial charge on any atom is 0.315 e. The molecule has 1 aliphatic heterocycles. The van der Waals surface area contributed by atoms with E-state index >= 15 is 0 Å². The first kappa shape index (κ1) is 13.5. The van der Waals surface area contributed by atoms with Gasteiger partial charge in [-0.25, -0.2) is 4.79 Å². The number of amides is 3. The van der Waals surface area contributed by atoms with E-state index < -0.39 is 0 Å². The zero-order valence-corrected chi connectivity index (χ0v) is 11.5. The third-order valence-corrected chi connectivity index (χ3v) is 3.15. The molecule has 0 saturated heterocycles. The molecule has 0 atom stereocenters. The van der Waals surface area contributed by atoms with E-state index in [1.54, 1.807) is 18.2 Å². The third kappa shape index (κ3) is 3.77. The molecule has 7 nitrogen and oxygen atoms in total. The number of ether oxygens (including phenoxy) is 2. The lowest BCUT2D eigenvalue weighted by molar-refractivity contribution is -0.115. The van der Waals surface area contributed by atoms with Gasteiger partial charge in [0.2, 0.25) is 5.91 Å². The molecule has 1 saturated carbocycles. The molecule has 0 bridgehead atoms. The molecule has 21 heavy (non-hydrogen) atoms. The highest BCUT2D eigenvalue weighted by atomic mass is 16.6. The average Bonchev–Trinajstić information content (AvgIpc) is 3.29. The van der Waals surface area contributed by atoms with Crippen molar-refractivity contribution in [2.75, 3.05) is 25.1 Å². The van der Waals surface area contributed by atoms with Gasteiger partial charge in [0.05, 0.1) is 6.54 Å². The van der Waals surface area contributed by atoms with Crippen LogP contribution in [0, 0.1) is 0 Å². The van der Waals surface area contributed by atoms with E-state index in [4.69, 9.17) is 9.47 Å². The molecular weight excluding hydrogens is 274 g/mol. The van der Waals surface area contributed by atoms with Crippen molar-refractivity contribution in [2.24, 2.45) is 0 Å². The van der Waals surface area contributed by atoms with Crippen LogP contribution in [0.1, 0.15) is 12.8 Å². The molecular formula is C14H17N3O4. The number of nitrogens with one attached hydrogen (secondary N) is 3. The van der Waals surface area contributed by atoms with Crippen LogP contribution >= 0.6 is 0 Å². The summed E-state index contributed by atoms with van der Waals surface area (Å²) in [6, 6.07) is 5.14. The summed E-state index contributed by atoms with van der Waals surface area (Å²) in [6.45, 7) is 0.943. The number of anilines is 1. The van der Waals surface area contributed by atoms with Crippen molar-refractivity contribution in [1.82, 2.24) is 10.6 Å². The van der Waals surface area contributed by atoms with E-state index in [-0.39, 0.29) is 24.5 Å². The number of fused-ring (bicyclic) bond motifs is 1. The lowest BCUT2D eigenvalue weighted by Crippen LogP contribution is -2.40. The van der Waals surface area contributed by atoms with Gasteiger partial charge in [-0.05, 0) is 25.0 Å². The number of urea groups is 1. The van der Waals surface area contributed by atoms with Gasteiger partial charge in [-0.3, -0.25) is 4.79 Å². The van der Waals surface area contributed by atoms with E-state index in [0.29, 0.717) is 30.4 Å². The molecule has 0 unspecified atom stereocenters. The molecule has 2 aliphatic rings. The van der Waals surface area contributed by atoms with E-state index in [1.807, 2.05) is 0 Å². The first-order valence-electron chi connectivity index (χ1n) is 6.94. The molecule has 3 N–H and O–H groups in total. The lowest BCUT2D eigenvalue weighted by atomic mass is 10.2. The van der Waals surface area contributed by atoms with Crippen LogP contribution in [0.15, 0.2) is 18.2 Å². The number of hydrogen-bond donors (Lipinski definition) is 3. The van der Waals surface area contributed by atoms with Gasteiger partial charge in [-0.15, -0.1) is 0 Å². The second kappa shape index (κ2) is 5.90. The van der Waals surface area contributed by atoms with E-state index in [9.17, 15) is 9.59 Å². The number of benzene rings is 1. The van der Waals surface area contributed by atoms with Crippen molar-refractivity contribution >= 4 is 17.6 Å². The molecule has 7 heteroatoms. The fourth-order valence-corrected chi connectivity index (χ4v) is 1.95. The summed E-state index contributed by atoms with van der Waals surface area (Å²) in [5.74, 6) is 0.984. The lowest BCUT2D eigenvalue weighted by Gasteiger charge is -2.19. The van der Waals surface area contributed by atoms with Gasteiger partial charge >= 0.3 is 6.03 Å². The van der Waals surface area contributed by atoms with Gasteiger partial charge in [0.25, 0.3) is 0 Å². The molecule has 0 spiro atoms. The molecule has 112 valence electrons. The van der Waals surface area contributed by atoms with Crippen LogP contribution < -0.4 is 25.4 Å². The number of carbonyl (C=O) groups excluding carboxylic acids is 2. The van der Waals surface area contributed by atoms with Gasteiger partial charge in [0.1, 0.15) is 13.2 Å². The van der Waals surface area contributed by atoms with Crippen molar-refractivity contribution in [1.29, 1.82) is 0 Å². The van der Waals surface area contributed by atoms with E-state index in [0.717, 1.165) is 12.8 Å². The summed E-state index contributed by atoms with van der Waals surface area (Å²) in [5.41, 5.74) is 0.605. The first-order chi connectivity index (χ1) is 10.2. The minimum Gasteiger partial charge on any atom is -0.486 e.